The van der Waals surface area contributed by atoms with E-state index < -0.39 is 0 Å². The maximum absolute atomic E-state index is 5.35. The Labute approximate surface area is 105 Å². The van der Waals surface area contributed by atoms with Gasteiger partial charge in [0.1, 0.15) is 17.5 Å². The molecular weight excluding hydrogens is 228 g/mol. The van der Waals surface area contributed by atoms with Crippen LogP contribution in [0.4, 0.5) is 11.6 Å². The first-order valence-corrected chi connectivity index (χ1v) is 5.58. The first-order valence-electron chi connectivity index (χ1n) is 5.58. The molecule has 6 N–H and O–H groups in total. The molecule has 0 saturated heterocycles. The van der Waals surface area contributed by atoms with E-state index in [4.69, 9.17) is 11.7 Å². The fraction of sp³-hybridized carbons (Fsp3) is 0.167. The van der Waals surface area contributed by atoms with E-state index in [0.29, 0.717) is 23.9 Å². The molecule has 1 aromatic heterocycles. The summed E-state index contributed by atoms with van der Waals surface area (Å²) in [4.78, 5) is 8.55. The molecule has 0 fully saturated rings. The summed E-state index contributed by atoms with van der Waals surface area (Å²) < 4.78 is 0. The molecule has 6 nitrogen and oxygen atoms in total. The van der Waals surface area contributed by atoms with Crippen LogP contribution in [0.2, 0.25) is 0 Å². The zero-order valence-corrected chi connectivity index (χ0v) is 10.1. The monoisotopic (exact) mass is 244 g/mol. The van der Waals surface area contributed by atoms with Crippen LogP contribution in [0.5, 0.6) is 0 Å². The maximum atomic E-state index is 5.35. The molecule has 0 unspecified atom stereocenters. The molecule has 0 radical (unpaired) electrons. The molecule has 0 aliphatic heterocycles. The topological polar surface area (TPSA) is 102 Å². The number of aromatic nitrogens is 2. The number of nitrogens with one attached hydrogen (secondary N) is 2. The number of hydrogen-bond acceptors (Lipinski definition) is 6. The third-order valence-electron chi connectivity index (χ3n) is 2.55. The number of hydrogen-bond donors (Lipinski definition) is 4. The first-order chi connectivity index (χ1) is 8.71. The number of aryl methyl sites for hydroxylation is 1. The molecule has 2 aromatic rings. The van der Waals surface area contributed by atoms with Crippen molar-refractivity contribution in [1.29, 1.82) is 0 Å². The highest BCUT2D eigenvalue weighted by Gasteiger charge is 2.04. The van der Waals surface area contributed by atoms with Crippen molar-refractivity contribution in [1.82, 2.24) is 9.97 Å². The quantitative estimate of drug-likeness (QED) is 0.472. The Balaban J connectivity index is 2.25. The lowest BCUT2D eigenvalue weighted by Crippen LogP contribution is -2.14. The molecule has 0 aliphatic rings. The van der Waals surface area contributed by atoms with Crippen LogP contribution >= 0.6 is 0 Å². The average Bonchev–Trinajstić information content (AvgIpc) is 2.41. The molecule has 2 rings (SSSR count). The van der Waals surface area contributed by atoms with Gasteiger partial charge in [-0.15, -0.1) is 0 Å². The van der Waals surface area contributed by atoms with Gasteiger partial charge in [0, 0.05) is 12.5 Å². The summed E-state index contributed by atoms with van der Waals surface area (Å²) in [7, 11) is 0. The number of nitrogens with two attached hydrogens (primary N) is 2. The highest BCUT2D eigenvalue weighted by molar-refractivity contribution is 5.46. The van der Waals surface area contributed by atoms with Gasteiger partial charge in [-0.1, -0.05) is 29.8 Å². The normalized spacial score (nSPS) is 10.2. The maximum Gasteiger partial charge on any atom is 0.145 e. The van der Waals surface area contributed by atoms with Gasteiger partial charge < -0.3 is 10.9 Å². The van der Waals surface area contributed by atoms with Crippen molar-refractivity contribution in [3.05, 3.63) is 47.3 Å². The van der Waals surface area contributed by atoms with E-state index in [1.165, 1.54) is 5.56 Å². The number of nitrogens with zero attached hydrogens (tertiary/aromatic N) is 2. The number of benzene rings is 1. The molecule has 1 aromatic carbocycles. The van der Waals surface area contributed by atoms with Gasteiger partial charge >= 0.3 is 0 Å². The van der Waals surface area contributed by atoms with Crippen LogP contribution in [0.3, 0.4) is 0 Å². The van der Waals surface area contributed by atoms with Crippen molar-refractivity contribution in [3.8, 4) is 0 Å². The Morgan fingerprint density at radius 1 is 1.00 bits per heavy atom. The molecule has 94 valence electrons. The fourth-order valence-corrected chi connectivity index (χ4v) is 1.61. The summed E-state index contributed by atoms with van der Waals surface area (Å²) in [5.41, 5.74) is 7.34. The summed E-state index contributed by atoms with van der Waals surface area (Å²) in [5, 5.41) is 0. The van der Waals surface area contributed by atoms with E-state index >= 15 is 0 Å². The Hall–Kier alpha value is -2.18. The smallest absolute Gasteiger partial charge is 0.145 e. The Bertz CT molecular complexity index is 500. The molecule has 0 bridgehead atoms. The van der Waals surface area contributed by atoms with E-state index in [1.54, 1.807) is 6.07 Å². The highest BCUT2D eigenvalue weighted by Crippen LogP contribution is 2.13. The van der Waals surface area contributed by atoms with Crippen molar-refractivity contribution >= 4 is 11.6 Å². The minimum atomic E-state index is 0.528. The molecule has 0 saturated carbocycles. The Morgan fingerprint density at radius 3 is 2.06 bits per heavy atom. The van der Waals surface area contributed by atoms with Crippen LogP contribution in [0.25, 0.3) is 0 Å². The molecule has 0 amide bonds. The van der Waals surface area contributed by atoms with Crippen molar-refractivity contribution in [3.63, 3.8) is 0 Å². The molecular formula is C12H16N6. The zero-order chi connectivity index (χ0) is 13.0. The second-order valence-corrected chi connectivity index (χ2v) is 4.01. The largest absolute Gasteiger partial charge is 0.308 e. The number of nitrogen functional groups attached to an aromatic ring is 2. The van der Waals surface area contributed by atoms with Crippen LogP contribution < -0.4 is 22.5 Å². The molecule has 0 spiro atoms. The van der Waals surface area contributed by atoms with Crippen LogP contribution in [-0.4, -0.2) is 9.97 Å². The van der Waals surface area contributed by atoms with Crippen molar-refractivity contribution in [2.75, 3.05) is 10.9 Å². The Kier molecular flexibility index (Phi) is 3.71. The molecule has 0 atom stereocenters. The SMILES string of the molecule is Cc1ccc(Cc2nc(NN)cc(NN)n2)cc1. The summed E-state index contributed by atoms with van der Waals surface area (Å²) in [5.74, 6) is 12.4. The number of rotatable bonds is 4. The predicted octanol–water partition coefficient (Wildman–Crippen LogP) is 0.947. The van der Waals surface area contributed by atoms with E-state index in [9.17, 15) is 0 Å². The van der Waals surface area contributed by atoms with Crippen LogP contribution in [0, 0.1) is 6.92 Å². The van der Waals surface area contributed by atoms with Crippen molar-refractivity contribution in [2.45, 2.75) is 13.3 Å². The summed E-state index contributed by atoms with van der Waals surface area (Å²) in [6.45, 7) is 2.05. The lowest BCUT2D eigenvalue weighted by molar-refractivity contribution is 0.962. The minimum Gasteiger partial charge on any atom is -0.308 e. The summed E-state index contributed by atoms with van der Waals surface area (Å²) in [6.07, 6.45) is 0.629. The van der Waals surface area contributed by atoms with E-state index in [2.05, 4.69) is 52.0 Å². The molecule has 1 heterocycles. The predicted molar refractivity (Wildman–Crippen MR) is 71.6 cm³/mol. The zero-order valence-electron chi connectivity index (χ0n) is 10.1. The van der Waals surface area contributed by atoms with Gasteiger partial charge in [-0.2, -0.15) is 0 Å². The van der Waals surface area contributed by atoms with Gasteiger partial charge in [-0.3, -0.25) is 0 Å². The lowest BCUT2D eigenvalue weighted by atomic mass is 10.1. The molecule has 18 heavy (non-hydrogen) atoms. The van der Waals surface area contributed by atoms with Crippen LogP contribution in [-0.2, 0) is 6.42 Å². The van der Waals surface area contributed by atoms with Crippen LogP contribution in [0.1, 0.15) is 17.0 Å². The van der Waals surface area contributed by atoms with Gasteiger partial charge in [-0.05, 0) is 12.5 Å². The fourth-order valence-electron chi connectivity index (χ4n) is 1.61. The molecule has 0 aliphatic carbocycles. The van der Waals surface area contributed by atoms with E-state index in [0.717, 1.165) is 5.56 Å². The Morgan fingerprint density at radius 2 is 1.56 bits per heavy atom. The van der Waals surface area contributed by atoms with Gasteiger partial charge in [0.2, 0.25) is 0 Å². The average molecular weight is 244 g/mol. The third-order valence-corrected chi connectivity index (χ3v) is 2.55. The number of anilines is 2. The minimum absolute atomic E-state index is 0.528. The number of hydrazine groups is 2. The lowest BCUT2D eigenvalue weighted by Gasteiger charge is -2.07. The highest BCUT2D eigenvalue weighted by atomic mass is 15.3. The van der Waals surface area contributed by atoms with E-state index in [1.807, 2.05) is 0 Å². The van der Waals surface area contributed by atoms with Gasteiger partial charge in [0.15, 0.2) is 0 Å². The van der Waals surface area contributed by atoms with E-state index in [-0.39, 0.29) is 0 Å². The second-order valence-electron chi connectivity index (χ2n) is 4.01. The standard InChI is InChI=1S/C12H16N6/c1-8-2-4-9(5-3-8)6-10-15-11(17-13)7-12(16-10)18-14/h2-5,7H,6,13-14H2,1H3,(H2,15,16,17,18). The van der Waals surface area contributed by atoms with Gasteiger partial charge in [0.05, 0.1) is 0 Å². The van der Waals surface area contributed by atoms with Crippen molar-refractivity contribution < 1.29 is 0 Å². The third kappa shape index (κ3) is 2.93. The van der Waals surface area contributed by atoms with Crippen LogP contribution in [0.15, 0.2) is 30.3 Å². The van der Waals surface area contributed by atoms with Gasteiger partial charge in [-0.25, -0.2) is 21.7 Å². The first kappa shape index (κ1) is 12.3. The van der Waals surface area contributed by atoms with Crippen molar-refractivity contribution in [2.24, 2.45) is 11.7 Å². The summed E-state index contributed by atoms with van der Waals surface area (Å²) >= 11 is 0. The van der Waals surface area contributed by atoms with Gasteiger partial charge in [0.25, 0.3) is 0 Å². The second kappa shape index (κ2) is 5.44. The summed E-state index contributed by atoms with van der Waals surface area (Å²) in [6, 6.07) is 9.86. The molecule has 6 heteroatoms.